The summed E-state index contributed by atoms with van der Waals surface area (Å²) < 4.78 is 5.13. The van der Waals surface area contributed by atoms with E-state index in [0.29, 0.717) is 0 Å². The maximum atomic E-state index is 5.13. The molecule has 2 unspecified atom stereocenters. The van der Waals surface area contributed by atoms with Crippen molar-refractivity contribution in [1.82, 2.24) is 0 Å². The molecule has 0 heterocycles. The largest absolute Gasteiger partial charge is 0.380 e. The number of halogens is 1. The lowest BCUT2D eigenvalue weighted by atomic mass is 10.1. The van der Waals surface area contributed by atoms with Crippen molar-refractivity contribution < 1.29 is 4.74 Å². The minimum atomic E-state index is 0.722. The van der Waals surface area contributed by atoms with E-state index < -0.39 is 0 Å². The molecule has 1 saturated carbocycles. The van der Waals surface area contributed by atoms with Gasteiger partial charge in [0.1, 0.15) is 0 Å². The number of hydrogen-bond donors (Lipinski definition) is 0. The van der Waals surface area contributed by atoms with Crippen LogP contribution >= 0.6 is 15.9 Å². The SMILES string of the molecule is COCc1cccc(C2CC2CBr)c1. The second-order valence-corrected chi connectivity index (χ2v) is 4.58. The summed E-state index contributed by atoms with van der Waals surface area (Å²) >= 11 is 3.54. The molecule has 14 heavy (non-hydrogen) atoms. The summed E-state index contributed by atoms with van der Waals surface area (Å²) in [5, 5.41) is 1.13. The Labute approximate surface area is 93.6 Å². The van der Waals surface area contributed by atoms with Crippen LogP contribution in [0.15, 0.2) is 24.3 Å². The molecule has 76 valence electrons. The van der Waals surface area contributed by atoms with Crippen molar-refractivity contribution in [3.63, 3.8) is 0 Å². The lowest BCUT2D eigenvalue weighted by molar-refractivity contribution is 0.185. The van der Waals surface area contributed by atoms with Crippen LogP contribution in [0.2, 0.25) is 0 Å². The molecule has 0 radical (unpaired) electrons. The molecule has 0 aliphatic heterocycles. The smallest absolute Gasteiger partial charge is 0.0713 e. The van der Waals surface area contributed by atoms with Crippen LogP contribution in [-0.2, 0) is 11.3 Å². The number of benzene rings is 1. The molecular formula is C12H15BrO. The number of ether oxygens (including phenoxy) is 1. The Bertz CT molecular complexity index is 311. The molecule has 0 amide bonds. The van der Waals surface area contributed by atoms with Gasteiger partial charge in [0.05, 0.1) is 6.61 Å². The summed E-state index contributed by atoms with van der Waals surface area (Å²) in [6.45, 7) is 0.722. The van der Waals surface area contributed by atoms with Crippen LogP contribution in [-0.4, -0.2) is 12.4 Å². The van der Waals surface area contributed by atoms with Crippen LogP contribution in [0.3, 0.4) is 0 Å². The molecule has 1 aromatic rings. The van der Waals surface area contributed by atoms with Crippen LogP contribution < -0.4 is 0 Å². The van der Waals surface area contributed by atoms with Crippen LogP contribution in [0.5, 0.6) is 0 Å². The maximum absolute atomic E-state index is 5.13. The predicted molar refractivity (Wildman–Crippen MR) is 61.8 cm³/mol. The van der Waals surface area contributed by atoms with Crippen molar-refractivity contribution >= 4 is 15.9 Å². The van der Waals surface area contributed by atoms with Gasteiger partial charge in [0.25, 0.3) is 0 Å². The van der Waals surface area contributed by atoms with E-state index in [9.17, 15) is 0 Å². The third-order valence-electron chi connectivity index (χ3n) is 2.81. The van der Waals surface area contributed by atoms with E-state index in [2.05, 4.69) is 40.2 Å². The quantitative estimate of drug-likeness (QED) is 0.750. The first-order valence-corrected chi connectivity index (χ1v) is 6.11. The first-order valence-electron chi connectivity index (χ1n) is 4.99. The van der Waals surface area contributed by atoms with Gasteiger partial charge in [-0.3, -0.25) is 0 Å². The first kappa shape index (κ1) is 10.2. The zero-order valence-electron chi connectivity index (χ0n) is 8.37. The second-order valence-electron chi connectivity index (χ2n) is 3.93. The summed E-state index contributed by atoms with van der Waals surface area (Å²) in [4.78, 5) is 0. The fourth-order valence-corrected chi connectivity index (χ4v) is 2.62. The van der Waals surface area contributed by atoms with E-state index in [4.69, 9.17) is 4.74 Å². The number of hydrogen-bond acceptors (Lipinski definition) is 1. The average Bonchev–Trinajstić information content (AvgIpc) is 2.98. The molecule has 2 heteroatoms. The summed E-state index contributed by atoms with van der Waals surface area (Å²) in [7, 11) is 1.74. The Hall–Kier alpha value is -0.340. The highest BCUT2D eigenvalue weighted by molar-refractivity contribution is 9.09. The van der Waals surface area contributed by atoms with Crippen LogP contribution in [0.4, 0.5) is 0 Å². The van der Waals surface area contributed by atoms with E-state index in [0.717, 1.165) is 23.8 Å². The molecule has 1 aromatic carbocycles. The molecule has 2 rings (SSSR count). The zero-order valence-corrected chi connectivity index (χ0v) is 9.96. The normalized spacial score (nSPS) is 25.0. The highest BCUT2D eigenvalue weighted by Gasteiger charge is 2.36. The van der Waals surface area contributed by atoms with Crippen LogP contribution in [0.25, 0.3) is 0 Å². The van der Waals surface area contributed by atoms with E-state index in [1.54, 1.807) is 7.11 Å². The van der Waals surface area contributed by atoms with Gasteiger partial charge < -0.3 is 4.74 Å². The topological polar surface area (TPSA) is 9.23 Å². The minimum Gasteiger partial charge on any atom is -0.380 e. The Morgan fingerprint density at radius 3 is 3.00 bits per heavy atom. The molecular weight excluding hydrogens is 240 g/mol. The van der Waals surface area contributed by atoms with Gasteiger partial charge in [0.15, 0.2) is 0 Å². The molecule has 1 aliphatic rings. The van der Waals surface area contributed by atoms with Crippen LogP contribution in [0, 0.1) is 5.92 Å². The summed E-state index contributed by atoms with van der Waals surface area (Å²) in [6, 6.07) is 8.76. The van der Waals surface area contributed by atoms with Gasteiger partial charge in [0.2, 0.25) is 0 Å². The molecule has 0 saturated heterocycles. The third-order valence-corrected chi connectivity index (χ3v) is 3.64. The highest BCUT2D eigenvalue weighted by Crippen LogP contribution is 2.48. The third kappa shape index (κ3) is 2.18. The monoisotopic (exact) mass is 254 g/mol. The molecule has 0 bridgehead atoms. The summed E-state index contributed by atoms with van der Waals surface area (Å²) in [6.07, 6.45) is 1.34. The average molecular weight is 255 g/mol. The fourth-order valence-electron chi connectivity index (χ4n) is 1.91. The lowest BCUT2D eigenvalue weighted by Crippen LogP contribution is -1.90. The van der Waals surface area contributed by atoms with Crippen LogP contribution in [0.1, 0.15) is 23.5 Å². The molecule has 1 fully saturated rings. The van der Waals surface area contributed by atoms with Gasteiger partial charge >= 0.3 is 0 Å². The minimum absolute atomic E-state index is 0.722. The molecule has 1 aliphatic carbocycles. The molecule has 2 atom stereocenters. The van der Waals surface area contributed by atoms with Gasteiger partial charge in [0, 0.05) is 12.4 Å². The molecule has 0 aromatic heterocycles. The number of rotatable bonds is 4. The van der Waals surface area contributed by atoms with Crippen molar-refractivity contribution in [3.8, 4) is 0 Å². The molecule has 1 nitrogen and oxygen atoms in total. The van der Waals surface area contributed by atoms with Gasteiger partial charge in [-0.25, -0.2) is 0 Å². The zero-order chi connectivity index (χ0) is 9.97. The molecule has 0 N–H and O–H groups in total. The second kappa shape index (κ2) is 4.45. The van der Waals surface area contributed by atoms with Crippen molar-refractivity contribution in [2.45, 2.75) is 18.9 Å². The predicted octanol–water partition coefficient (Wildman–Crippen LogP) is 3.33. The van der Waals surface area contributed by atoms with Crippen molar-refractivity contribution in [2.75, 3.05) is 12.4 Å². The van der Waals surface area contributed by atoms with E-state index in [1.807, 2.05) is 0 Å². The number of alkyl halides is 1. The molecule has 0 spiro atoms. The summed E-state index contributed by atoms with van der Waals surface area (Å²) in [5.74, 6) is 1.64. The van der Waals surface area contributed by atoms with Crippen molar-refractivity contribution in [3.05, 3.63) is 35.4 Å². The summed E-state index contributed by atoms with van der Waals surface area (Å²) in [5.41, 5.74) is 2.76. The van der Waals surface area contributed by atoms with Crippen molar-refractivity contribution in [2.24, 2.45) is 5.92 Å². The Morgan fingerprint density at radius 2 is 2.36 bits per heavy atom. The van der Waals surface area contributed by atoms with E-state index in [-0.39, 0.29) is 0 Å². The Morgan fingerprint density at radius 1 is 1.50 bits per heavy atom. The Kier molecular flexibility index (Phi) is 3.24. The van der Waals surface area contributed by atoms with Gasteiger partial charge in [-0.15, -0.1) is 0 Å². The van der Waals surface area contributed by atoms with Gasteiger partial charge in [-0.2, -0.15) is 0 Å². The van der Waals surface area contributed by atoms with E-state index in [1.165, 1.54) is 17.5 Å². The highest BCUT2D eigenvalue weighted by atomic mass is 79.9. The van der Waals surface area contributed by atoms with Gasteiger partial charge in [-0.1, -0.05) is 40.2 Å². The van der Waals surface area contributed by atoms with Gasteiger partial charge in [-0.05, 0) is 29.4 Å². The standard InChI is InChI=1S/C12H15BrO/c1-14-8-9-3-2-4-10(5-9)12-6-11(12)7-13/h2-5,11-12H,6-8H2,1H3. The first-order chi connectivity index (χ1) is 6.85. The Balaban J connectivity index is 2.07. The fraction of sp³-hybridized carbons (Fsp3) is 0.500. The maximum Gasteiger partial charge on any atom is 0.0713 e. The lowest BCUT2D eigenvalue weighted by Gasteiger charge is -2.03. The van der Waals surface area contributed by atoms with E-state index >= 15 is 0 Å². The van der Waals surface area contributed by atoms with Crippen molar-refractivity contribution in [1.29, 1.82) is 0 Å². The number of methoxy groups -OCH3 is 1.